The van der Waals surface area contributed by atoms with Gasteiger partial charge in [0.25, 0.3) is 11.9 Å². The Morgan fingerprint density at radius 1 is 0.889 bits per heavy atom. The van der Waals surface area contributed by atoms with Crippen molar-refractivity contribution in [2.75, 3.05) is 27.9 Å². The highest BCUT2D eigenvalue weighted by molar-refractivity contribution is 5.69. The van der Waals surface area contributed by atoms with E-state index in [1.807, 2.05) is 0 Å². The summed E-state index contributed by atoms with van der Waals surface area (Å²) in [7, 11) is 4.19. The quantitative estimate of drug-likeness (QED) is 0.282. The van der Waals surface area contributed by atoms with Gasteiger partial charge in [-0.1, -0.05) is 0 Å². The molecule has 0 aromatic heterocycles. The van der Waals surface area contributed by atoms with Gasteiger partial charge in [0.05, 0.1) is 39.6 Å². The second-order valence-corrected chi connectivity index (χ2v) is 8.25. The summed E-state index contributed by atoms with van der Waals surface area (Å²) in [6, 6.07) is 6.03. The third-order valence-corrected chi connectivity index (χ3v) is 6.09. The van der Waals surface area contributed by atoms with E-state index in [0.717, 1.165) is 0 Å². The standard InChI is InChI=1S/C24H28O12/c1-31-11-6-13(26)12-8-17(35-24-22(30)21(29)20(28)18(9-25)36-24)23(34-14(12)7-11)10-4-15(32-2)19(27)16(5-10)33-3/h4-8,18,20-30H,9H2,1-3H3/p+1. The Balaban J connectivity index is 1.80. The summed E-state index contributed by atoms with van der Waals surface area (Å²) in [6.45, 7) is -0.632. The number of aromatic hydroxyl groups is 3. The van der Waals surface area contributed by atoms with Crippen LogP contribution in [0.5, 0.6) is 34.5 Å². The average Bonchev–Trinajstić information content (AvgIpc) is 2.88. The highest BCUT2D eigenvalue weighted by Gasteiger charge is 2.46. The molecule has 7 N–H and O–H groups in total. The molecule has 6 unspecified atom stereocenters. The van der Waals surface area contributed by atoms with Crippen LogP contribution in [0.1, 0.15) is 17.2 Å². The van der Waals surface area contributed by atoms with Crippen molar-refractivity contribution < 1.29 is 59.1 Å². The zero-order chi connectivity index (χ0) is 26.1. The lowest BCUT2D eigenvalue weighted by atomic mass is 9.98. The molecule has 6 atom stereocenters. The van der Waals surface area contributed by atoms with Gasteiger partial charge in [-0.2, -0.15) is 0 Å². The lowest BCUT2D eigenvalue weighted by Gasteiger charge is -2.40. The van der Waals surface area contributed by atoms with Crippen molar-refractivity contribution in [2.24, 2.45) is 0 Å². The molecule has 0 bridgehead atoms. The molecule has 1 saturated heterocycles. The van der Waals surface area contributed by atoms with Crippen molar-refractivity contribution in [1.82, 2.24) is 0 Å². The minimum Gasteiger partial charge on any atom is -0.571 e. The van der Waals surface area contributed by atoms with Crippen LogP contribution in [-0.4, -0.2) is 94.0 Å². The summed E-state index contributed by atoms with van der Waals surface area (Å²) < 4.78 is 31.9. The van der Waals surface area contributed by atoms with E-state index >= 15 is 0 Å². The van der Waals surface area contributed by atoms with Crippen molar-refractivity contribution >= 4 is 6.08 Å². The predicted octanol–water partition coefficient (Wildman–Crippen LogP) is 0.277. The summed E-state index contributed by atoms with van der Waals surface area (Å²) in [4.78, 5) is 0. The number of benzene rings is 2. The van der Waals surface area contributed by atoms with Crippen molar-refractivity contribution in [3.05, 3.63) is 41.2 Å². The van der Waals surface area contributed by atoms with E-state index in [0.29, 0.717) is 22.6 Å². The first kappa shape index (κ1) is 25.7. The minimum atomic E-state index is -1.67. The summed E-state index contributed by atoms with van der Waals surface area (Å²) in [5, 5.41) is 61.2. The van der Waals surface area contributed by atoms with E-state index < -0.39 is 43.4 Å². The second-order valence-electron chi connectivity index (χ2n) is 8.25. The van der Waals surface area contributed by atoms with Crippen LogP contribution < -0.4 is 14.2 Å². The Labute approximate surface area is 206 Å². The number of methoxy groups -OCH3 is 3. The van der Waals surface area contributed by atoms with Crippen LogP contribution >= 0.6 is 0 Å². The fraction of sp³-hybridized carbons (Fsp3) is 0.417. The van der Waals surface area contributed by atoms with Gasteiger partial charge in [0.1, 0.15) is 41.5 Å². The van der Waals surface area contributed by atoms with Crippen LogP contribution in [0.25, 0.3) is 6.08 Å². The first-order valence-electron chi connectivity index (χ1n) is 11.0. The summed E-state index contributed by atoms with van der Waals surface area (Å²) in [5.74, 6) is 0.645. The van der Waals surface area contributed by atoms with Gasteiger partial charge >= 0.3 is 0 Å². The molecule has 2 aromatic carbocycles. The zero-order valence-corrected chi connectivity index (χ0v) is 19.7. The van der Waals surface area contributed by atoms with Gasteiger partial charge in [-0.25, -0.2) is 0 Å². The van der Waals surface area contributed by atoms with E-state index in [-0.39, 0.29) is 28.8 Å². The molecule has 2 aliphatic rings. The fourth-order valence-electron chi connectivity index (χ4n) is 4.10. The smallest absolute Gasteiger partial charge is 0.270 e. The monoisotopic (exact) mass is 509 g/mol. The molecule has 0 saturated carbocycles. The molecule has 12 nitrogen and oxygen atoms in total. The molecule has 0 radical (unpaired) electrons. The van der Waals surface area contributed by atoms with E-state index in [2.05, 4.69) is 4.74 Å². The van der Waals surface area contributed by atoms with Crippen LogP contribution in [-0.2, 0) is 9.47 Å². The van der Waals surface area contributed by atoms with Gasteiger partial charge < -0.3 is 59.1 Å². The molecule has 12 heteroatoms. The fourth-order valence-corrected chi connectivity index (χ4v) is 4.10. The van der Waals surface area contributed by atoms with Crippen LogP contribution in [0.3, 0.4) is 0 Å². The van der Waals surface area contributed by atoms with E-state index in [1.54, 1.807) is 6.07 Å². The number of hydrogen-bond acceptors (Lipinski definition) is 11. The van der Waals surface area contributed by atoms with Crippen molar-refractivity contribution in [2.45, 2.75) is 36.8 Å². The van der Waals surface area contributed by atoms with E-state index in [1.165, 1.54) is 45.6 Å². The molecule has 2 heterocycles. The maximum atomic E-state index is 10.6. The lowest BCUT2D eigenvalue weighted by Crippen LogP contribution is -2.59. The molecule has 0 amide bonds. The molecule has 196 valence electrons. The van der Waals surface area contributed by atoms with Gasteiger partial charge in [0.15, 0.2) is 17.3 Å². The Morgan fingerprint density at radius 3 is 2.14 bits per heavy atom. The first-order valence-corrected chi connectivity index (χ1v) is 11.0. The first-order chi connectivity index (χ1) is 17.2. The van der Waals surface area contributed by atoms with Gasteiger partial charge in [-0.15, -0.1) is 0 Å². The summed E-state index contributed by atoms with van der Waals surface area (Å²) in [5.41, 5.74) is 0.745. The molecule has 1 fully saturated rings. The number of ether oxygens (including phenoxy) is 6. The van der Waals surface area contributed by atoms with Crippen LogP contribution in [0.4, 0.5) is 0 Å². The zero-order valence-electron chi connectivity index (χ0n) is 19.7. The molecular weight excluding hydrogens is 480 g/mol. The van der Waals surface area contributed by atoms with Crippen LogP contribution in [0.2, 0.25) is 0 Å². The second kappa shape index (κ2) is 10.3. The van der Waals surface area contributed by atoms with Gasteiger partial charge in [-0.3, -0.25) is 0 Å². The third kappa shape index (κ3) is 4.56. The normalized spacial score (nSPS) is 27.4. The van der Waals surface area contributed by atoms with Gasteiger partial charge in [-0.05, 0) is 12.1 Å². The molecule has 36 heavy (non-hydrogen) atoms. The Hall–Kier alpha value is -3.42. The van der Waals surface area contributed by atoms with Gasteiger partial charge in [0, 0.05) is 12.1 Å². The maximum absolute atomic E-state index is 10.6. The number of phenolic OH excluding ortho intramolecular Hbond substituents is 2. The largest absolute Gasteiger partial charge is 0.571 e. The topological polar surface area (TPSA) is 180 Å². The molecule has 0 aliphatic carbocycles. The Morgan fingerprint density at radius 2 is 1.56 bits per heavy atom. The lowest BCUT2D eigenvalue weighted by molar-refractivity contribution is -0.295. The van der Waals surface area contributed by atoms with Crippen molar-refractivity contribution in [3.63, 3.8) is 0 Å². The van der Waals surface area contributed by atoms with Gasteiger partial charge in [0.2, 0.25) is 12.0 Å². The highest BCUT2D eigenvalue weighted by atomic mass is 16.7. The van der Waals surface area contributed by atoms with Crippen LogP contribution in [0, 0.1) is 0 Å². The number of rotatable bonds is 7. The average molecular weight is 509 g/mol. The molecule has 2 aliphatic heterocycles. The van der Waals surface area contributed by atoms with E-state index in [9.17, 15) is 30.6 Å². The number of aliphatic hydroxyl groups excluding tert-OH is 4. The van der Waals surface area contributed by atoms with Crippen molar-refractivity contribution in [1.29, 1.82) is 0 Å². The molecule has 0 spiro atoms. The van der Waals surface area contributed by atoms with Crippen LogP contribution in [0.15, 0.2) is 30.0 Å². The Bertz CT molecular complexity index is 1110. The maximum Gasteiger partial charge on any atom is 0.270 e. The van der Waals surface area contributed by atoms with E-state index in [4.69, 9.17) is 23.7 Å². The number of aliphatic hydroxyl groups is 5. The highest BCUT2D eigenvalue weighted by Crippen LogP contribution is 2.48. The number of hydrogen-bond donors (Lipinski definition) is 6. The number of fused-ring (bicyclic) bond motifs is 1. The SMILES string of the molecule is COc1cc(O)c2c(c1)[OH+]C(c1cc(OC)c(O)c(OC)c1)C(OC1OC(CO)C(O)C(O)C1O)=C2. The molecular formula is C24H29O12+. The predicted molar refractivity (Wildman–Crippen MR) is 123 cm³/mol. The Kier molecular flexibility index (Phi) is 7.33. The number of phenols is 2. The van der Waals surface area contributed by atoms with Crippen molar-refractivity contribution in [3.8, 4) is 34.5 Å². The summed E-state index contributed by atoms with van der Waals surface area (Å²) >= 11 is 0. The molecule has 2 aromatic rings. The molecule has 4 rings (SSSR count). The summed E-state index contributed by atoms with van der Waals surface area (Å²) in [6.07, 6.45) is -7.00. The third-order valence-electron chi connectivity index (χ3n) is 6.09. The minimum absolute atomic E-state index is 0.0853.